The van der Waals surface area contributed by atoms with Gasteiger partial charge in [-0.05, 0) is 12.3 Å². The zero-order valence-electron chi connectivity index (χ0n) is 16.1. The summed E-state index contributed by atoms with van der Waals surface area (Å²) in [6.07, 6.45) is -1.17. The lowest BCUT2D eigenvalue weighted by Gasteiger charge is -2.25. The highest BCUT2D eigenvalue weighted by Crippen LogP contribution is 2.05. The van der Waals surface area contributed by atoms with E-state index in [-0.39, 0.29) is 12.8 Å². The van der Waals surface area contributed by atoms with E-state index in [1.807, 2.05) is 0 Å². The average Bonchev–Trinajstić information content (AvgIpc) is 2.59. The van der Waals surface area contributed by atoms with Gasteiger partial charge in [-0.3, -0.25) is 28.8 Å². The lowest BCUT2D eigenvalue weighted by Crippen LogP contribution is -2.57. The Kier molecular flexibility index (Phi) is 10.9. The fourth-order valence-corrected chi connectivity index (χ4v) is 2.18. The highest BCUT2D eigenvalue weighted by molar-refractivity contribution is 5.94. The Hall–Kier alpha value is -3.22. The fourth-order valence-electron chi connectivity index (χ4n) is 2.18. The number of carbonyl (C=O) groups excluding carboxylic acids is 4. The molecule has 0 aromatic carbocycles. The number of hydrogen-bond acceptors (Lipinski definition) is 7. The van der Waals surface area contributed by atoms with Crippen LogP contribution in [0.1, 0.15) is 33.1 Å². The number of rotatable bonds is 13. The number of carbonyl (C=O) groups is 6. The molecule has 0 aromatic rings. The summed E-state index contributed by atoms with van der Waals surface area (Å²) in [6.45, 7) is 2.56. The highest BCUT2D eigenvalue weighted by Gasteiger charge is 2.30. The van der Waals surface area contributed by atoms with Crippen LogP contribution in [0.25, 0.3) is 0 Å². The normalized spacial score (nSPS) is 13.7. The van der Waals surface area contributed by atoms with Gasteiger partial charge in [-0.2, -0.15) is 0 Å². The number of primary amides is 1. The van der Waals surface area contributed by atoms with Crippen molar-refractivity contribution in [3.8, 4) is 0 Å². The van der Waals surface area contributed by atoms with Crippen LogP contribution in [-0.2, 0) is 28.8 Å². The molecule has 9 N–H and O–H groups in total. The summed E-state index contributed by atoms with van der Waals surface area (Å²) in [4.78, 5) is 69.0. The summed E-state index contributed by atoms with van der Waals surface area (Å²) in [5, 5.41) is 24.1. The highest BCUT2D eigenvalue weighted by atomic mass is 16.4. The van der Waals surface area contributed by atoms with E-state index in [0.29, 0.717) is 0 Å². The van der Waals surface area contributed by atoms with E-state index in [1.54, 1.807) is 13.8 Å². The topological polar surface area (TPSA) is 231 Å². The van der Waals surface area contributed by atoms with Crippen LogP contribution in [0.5, 0.6) is 0 Å². The largest absolute Gasteiger partial charge is 0.481 e. The zero-order chi connectivity index (χ0) is 22.7. The fraction of sp³-hybridized carbons (Fsp3) is 0.625. The maximum absolute atomic E-state index is 12.6. The van der Waals surface area contributed by atoms with Crippen LogP contribution in [0.3, 0.4) is 0 Å². The van der Waals surface area contributed by atoms with E-state index in [0.717, 1.165) is 0 Å². The first kappa shape index (κ1) is 25.8. The first-order chi connectivity index (χ1) is 13.3. The van der Waals surface area contributed by atoms with Crippen LogP contribution in [0, 0.1) is 5.92 Å². The van der Waals surface area contributed by atoms with Crippen molar-refractivity contribution >= 4 is 35.6 Å². The molecule has 0 saturated heterocycles. The summed E-state index contributed by atoms with van der Waals surface area (Å²) in [7, 11) is 0. The average molecular weight is 417 g/mol. The summed E-state index contributed by atoms with van der Waals surface area (Å²) in [5.74, 6) is -6.30. The van der Waals surface area contributed by atoms with Gasteiger partial charge in [0.05, 0.1) is 12.5 Å². The molecule has 0 saturated carbocycles. The van der Waals surface area contributed by atoms with Crippen LogP contribution >= 0.6 is 0 Å². The molecule has 3 unspecified atom stereocenters. The van der Waals surface area contributed by atoms with Gasteiger partial charge >= 0.3 is 11.9 Å². The van der Waals surface area contributed by atoms with Crippen molar-refractivity contribution in [3.63, 3.8) is 0 Å². The van der Waals surface area contributed by atoms with E-state index >= 15 is 0 Å². The summed E-state index contributed by atoms with van der Waals surface area (Å²) >= 11 is 0. The second-order valence-electron chi connectivity index (χ2n) is 6.61. The first-order valence-electron chi connectivity index (χ1n) is 8.71. The molecular formula is C16H27N5O8. The van der Waals surface area contributed by atoms with Crippen LogP contribution in [0.15, 0.2) is 0 Å². The molecule has 4 amide bonds. The number of amides is 4. The second kappa shape index (κ2) is 12.3. The number of nitrogens with one attached hydrogen (secondary N) is 3. The number of carboxylic acid groups (broad SMARTS) is 2. The summed E-state index contributed by atoms with van der Waals surface area (Å²) in [5.41, 5.74) is 10.5. The molecule has 3 atom stereocenters. The van der Waals surface area contributed by atoms with Gasteiger partial charge < -0.3 is 37.6 Å². The molecule has 0 aliphatic carbocycles. The van der Waals surface area contributed by atoms with Crippen LogP contribution in [0.2, 0.25) is 0 Å². The predicted octanol–water partition coefficient (Wildman–Crippen LogP) is -3.12. The van der Waals surface area contributed by atoms with E-state index < -0.39 is 72.6 Å². The molecule has 0 fully saturated rings. The Morgan fingerprint density at radius 3 is 1.93 bits per heavy atom. The Morgan fingerprint density at radius 2 is 1.48 bits per heavy atom. The van der Waals surface area contributed by atoms with Gasteiger partial charge in [0.25, 0.3) is 0 Å². The molecule has 0 rings (SSSR count). The quantitative estimate of drug-likeness (QED) is 0.160. The van der Waals surface area contributed by atoms with Gasteiger partial charge in [0.2, 0.25) is 23.6 Å². The monoisotopic (exact) mass is 417 g/mol. The van der Waals surface area contributed by atoms with Crippen molar-refractivity contribution in [1.82, 2.24) is 16.0 Å². The molecule has 13 nitrogen and oxygen atoms in total. The Labute approximate surface area is 166 Å². The molecule has 0 aromatic heterocycles. The van der Waals surface area contributed by atoms with Crippen LogP contribution < -0.4 is 27.4 Å². The number of hydrogen-bond donors (Lipinski definition) is 7. The molecule has 13 heteroatoms. The lowest BCUT2D eigenvalue weighted by atomic mass is 10.0. The minimum Gasteiger partial charge on any atom is -0.481 e. The molecule has 0 bridgehead atoms. The van der Waals surface area contributed by atoms with Gasteiger partial charge in [0, 0.05) is 6.42 Å². The zero-order valence-corrected chi connectivity index (χ0v) is 16.1. The molecule has 29 heavy (non-hydrogen) atoms. The van der Waals surface area contributed by atoms with Crippen molar-refractivity contribution in [3.05, 3.63) is 0 Å². The van der Waals surface area contributed by atoms with E-state index in [1.165, 1.54) is 0 Å². The van der Waals surface area contributed by atoms with Crippen LogP contribution in [0.4, 0.5) is 0 Å². The third-order valence-corrected chi connectivity index (χ3v) is 3.70. The Balaban J connectivity index is 5.26. The minimum absolute atomic E-state index is 0.214. The maximum Gasteiger partial charge on any atom is 0.322 e. The lowest BCUT2D eigenvalue weighted by molar-refractivity contribution is -0.140. The summed E-state index contributed by atoms with van der Waals surface area (Å²) in [6, 6.07) is -3.87. The third-order valence-electron chi connectivity index (χ3n) is 3.70. The number of nitrogens with two attached hydrogens (primary N) is 2. The predicted molar refractivity (Wildman–Crippen MR) is 98.0 cm³/mol. The van der Waals surface area contributed by atoms with Crippen LogP contribution in [-0.4, -0.2) is 70.5 Å². The smallest absolute Gasteiger partial charge is 0.322 e. The molecule has 164 valence electrons. The molecule has 0 radical (unpaired) electrons. The molecule has 0 aliphatic heterocycles. The van der Waals surface area contributed by atoms with Crippen molar-refractivity contribution in [2.75, 3.05) is 6.54 Å². The number of aliphatic carboxylic acids is 2. The Bertz CT molecular complexity index is 651. The molecule has 0 heterocycles. The van der Waals surface area contributed by atoms with Crippen molar-refractivity contribution in [2.45, 2.75) is 51.2 Å². The molecular weight excluding hydrogens is 390 g/mol. The van der Waals surface area contributed by atoms with Gasteiger partial charge in [0.15, 0.2) is 0 Å². The third kappa shape index (κ3) is 10.6. The molecule has 0 aliphatic rings. The van der Waals surface area contributed by atoms with Gasteiger partial charge in [0.1, 0.15) is 18.6 Å². The van der Waals surface area contributed by atoms with Gasteiger partial charge in [-0.25, -0.2) is 0 Å². The van der Waals surface area contributed by atoms with Crippen molar-refractivity contribution < 1.29 is 39.0 Å². The van der Waals surface area contributed by atoms with Gasteiger partial charge in [-0.15, -0.1) is 0 Å². The summed E-state index contributed by atoms with van der Waals surface area (Å²) < 4.78 is 0. The first-order valence-corrected chi connectivity index (χ1v) is 8.71. The van der Waals surface area contributed by atoms with E-state index in [2.05, 4.69) is 16.0 Å². The minimum atomic E-state index is -1.43. The Morgan fingerprint density at radius 1 is 0.897 bits per heavy atom. The van der Waals surface area contributed by atoms with Gasteiger partial charge in [-0.1, -0.05) is 13.8 Å². The standard InChI is InChI=1S/C16H27N5O8/c1-7(2)13(16(29)19-6-12(25)26)21-15(28)9(3-4-10(18)22)20-14(27)8(17)5-11(23)24/h7-9,13H,3-6,17H2,1-2H3,(H2,18,22)(H,19,29)(H,20,27)(H,21,28)(H,23,24)(H,25,26). The SMILES string of the molecule is CC(C)C(NC(=O)C(CCC(N)=O)NC(=O)C(N)CC(=O)O)C(=O)NCC(=O)O. The van der Waals surface area contributed by atoms with Crippen molar-refractivity contribution in [2.24, 2.45) is 17.4 Å². The maximum atomic E-state index is 12.6. The molecule has 0 spiro atoms. The van der Waals surface area contributed by atoms with E-state index in [4.69, 9.17) is 21.7 Å². The van der Waals surface area contributed by atoms with E-state index in [9.17, 15) is 28.8 Å². The second-order valence-corrected chi connectivity index (χ2v) is 6.61. The number of carboxylic acids is 2. The van der Waals surface area contributed by atoms with Crippen molar-refractivity contribution in [1.29, 1.82) is 0 Å².